The molecule has 0 spiro atoms. The minimum Gasteiger partial charge on any atom is -0.377 e. The summed E-state index contributed by atoms with van der Waals surface area (Å²) in [5.74, 6) is -0.0147. The quantitative estimate of drug-likeness (QED) is 0.821. The minimum absolute atomic E-state index is 0.000232. The molecular formula is C14H16N2O3. The molecule has 1 aromatic carbocycles. The van der Waals surface area contributed by atoms with Crippen molar-refractivity contribution >= 4 is 17.5 Å². The summed E-state index contributed by atoms with van der Waals surface area (Å²) in [6, 6.07) is 5.50. The zero-order valence-corrected chi connectivity index (χ0v) is 10.8. The van der Waals surface area contributed by atoms with Gasteiger partial charge in [-0.3, -0.25) is 9.59 Å². The highest BCUT2D eigenvalue weighted by Crippen LogP contribution is 2.25. The molecule has 19 heavy (non-hydrogen) atoms. The Bertz CT molecular complexity index is 541. The molecule has 0 aromatic heterocycles. The maximum atomic E-state index is 12.4. The van der Waals surface area contributed by atoms with Crippen molar-refractivity contribution in [1.82, 2.24) is 4.90 Å². The van der Waals surface area contributed by atoms with Crippen LogP contribution in [0.2, 0.25) is 0 Å². The van der Waals surface area contributed by atoms with Gasteiger partial charge in [0.25, 0.3) is 5.91 Å². The number of amides is 2. The zero-order valence-electron chi connectivity index (χ0n) is 10.8. The fourth-order valence-corrected chi connectivity index (χ4v) is 2.54. The highest BCUT2D eigenvalue weighted by atomic mass is 16.5. The summed E-state index contributed by atoms with van der Waals surface area (Å²) in [6.07, 6.45) is 0.401. The first-order chi connectivity index (χ1) is 9.15. The van der Waals surface area contributed by atoms with Gasteiger partial charge in [-0.2, -0.15) is 0 Å². The third-order valence-corrected chi connectivity index (χ3v) is 3.61. The van der Waals surface area contributed by atoms with Crippen LogP contribution < -0.4 is 5.32 Å². The maximum Gasteiger partial charge on any atom is 0.254 e. The fourth-order valence-electron chi connectivity index (χ4n) is 2.54. The van der Waals surface area contributed by atoms with Crippen molar-refractivity contribution in [1.29, 1.82) is 0 Å². The molecule has 1 aromatic rings. The van der Waals surface area contributed by atoms with Crippen LogP contribution >= 0.6 is 0 Å². The molecule has 2 amide bonds. The Labute approximate surface area is 111 Å². The van der Waals surface area contributed by atoms with Gasteiger partial charge in [-0.05, 0) is 24.6 Å². The topological polar surface area (TPSA) is 58.6 Å². The standard InChI is InChI=1S/C14H16N2O3/c1-9-8-19-5-4-16(9)14(18)11-3-2-10-7-13(17)15-12(10)6-11/h2-3,6,9H,4-5,7-8H2,1H3,(H,15,17). The number of hydrogen-bond donors (Lipinski definition) is 1. The van der Waals surface area contributed by atoms with Crippen molar-refractivity contribution in [3.05, 3.63) is 29.3 Å². The number of nitrogens with one attached hydrogen (secondary N) is 1. The van der Waals surface area contributed by atoms with Gasteiger partial charge in [0, 0.05) is 17.8 Å². The first-order valence-corrected chi connectivity index (χ1v) is 6.46. The van der Waals surface area contributed by atoms with Crippen molar-refractivity contribution in [2.24, 2.45) is 0 Å². The number of benzene rings is 1. The Balaban J connectivity index is 1.84. The largest absolute Gasteiger partial charge is 0.377 e. The van der Waals surface area contributed by atoms with Crippen LogP contribution in [0.3, 0.4) is 0 Å². The van der Waals surface area contributed by atoms with E-state index in [0.29, 0.717) is 31.7 Å². The Morgan fingerprint density at radius 2 is 2.32 bits per heavy atom. The molecule has 2 heterocycles. The summed E-state index contributed by atoms with van der Waals surface area (Å²) in [6.45, 7) is 3.75. The van der Waals surface area contributed by atoms with Crippen LogP contribution in [0.5, 0.6) is 0 Å². The van der Waals surface area contributed by atoms with Crippen molar-refractivity contribution in [3.63, 3.8) is 0 Å². The van der Waals surface area contributed by atoms with Gasteiger partial charge in [-0.15, -0.1) is 0 Å². The number of fused-ring (bicyclic) bond motifs is 1. The van der Waals surface area contributed by atoms with E-state index in [1.807, 2.05) is 17.9 Å². The average molecular weight is 260 g/mol. The summed E-state index contributed by atoms with van der Waals surface area (Å²) < 4.78 is 5.34. The minimum atomic E-state index is -0.0145. The molecule has 0 aliphatic carbocycles. The van der Waals surface area contributed by atoms with Gasteiger partial charge in [0.2, 0.25) is 5.91 Å². The molecule has 1 unspecified atom stereocenters. The maximum absolute atomic E-state index is 12.4. The molecule has 2 aliphatic heterocycles. The van der Waals surface area contributed by atoms with Crippen molar-refractivity contribution in [2.45, 2.75) is 19.4 Å². The second kappa shape index (κ2) is 4.66. The third-order valence-electron chi connectivity index (χ3n) is 3.61. The van der Waals surface area contributed by atoms with E-state index in [0.717, 1.165) is 11.3 Å². The van der Waals surface area contributed by atoms with Crippen LogP contribution in [0.1, 0.15) is 22.8 Å². The molecule has 0 bridgehead atoms. The van der Waals surface area contributed by atoms with E-state index in [-0.39, 0.29) is 17.9 Å². The second-order valence-corrected chi connectivity index (χ2v) is 5.02. The molecule has 1 atom stereocenters. The normalized spacial score (nSPS) is 22.1. The summed E-state index contributed by atoms with van der Waals surface area (Å²) >= 11 is 0. The summed E-state index contributed by atoms with van der Waals surface area (Å²) in [7, 11) is 0. The molecule has 0 saturated carbocycles. The molecule has 1 saturated heterocycles. The molecule has 0 radical (unpaired) electrons. The van der Waals surface area contributed by atoms with E-state index in [9.17, 15) is 9.59 Å². The molecule has 1 fully saturated rings. The lowest BCUT2D eigenvalue weighted by Crippen LogP contribution is -2.47. The zero-order chi connectivity index (χ0) is 13.4. The number of ether oxygens (including phenoxy) is 1. The average Bonchev–Trinajstić information content (AvgIpc) is 2.77. The van der Waals surface area contributed by atoms with Crippen molar-refractivity contribution < 1.29 is 14.3 Å². The summed E-state index contributed by atoms with van der Waals surface area (Å²) in [4.78, 5) is 25.6. The Kier molecular flexibility index (Phi) is 2.98. The highest BCUT2D eigenvalue weighted by molar-refractivity contribution is 6.02. The van der Waals surface area contributed by atoms with Crippen LogP contribution in [-0.2, 0) is 16.0 Å². The van der Waals surface area contributed by atoms with Gasteiger partial charge in [-0.1, -0.05) is 6.07 Å². The van der Waals surface area contributed by atoms with Crippen molar-refractivity contribution in [3.8, 4) is 0 Å². The molecule has 5 heteroatoms. The van der Waals surface area contributed by atoms with Gasteiger partial charge in [0.05, 0.1) is 25.7 Å². The van der Waals surface area contributed by atoms with Crippen molar-refractivity contribution in [2.75, 3.05) is 25.1 Å². The van der Waals surface area contributed by atoms with E-state index < -0.39 is 0 Å². The Morgan fingerprint density at radius 1 is 1.47 bits per heavy atom. The number of nitrogens with zero attached hydrogens (tertiary/aromatic N) is 1. The van der Waals surface area contributed by atoms with E-state index in [4.69, 9.17) is 4.74 Å². The predicted molar refractivity (Wildman–Crippen MR) is 70.1 cm³/mol. The lowest BCUT2D eigenvalue weighted by Gasteiger charge is -2.33. The number of carbonyl (C=O) groups is 2. The molecule has 100 valence electrons. The Morgan fingerprint density at radius 3 is 3.11 bits per heavy atom. The predicted octanol–water partition coefficient (Wildman–Crippen LogP) is 1.04. The van der Waals surface area contributed by atoms with Gasteiger partial charge in [0.15, 0.2) is 0 Å². The van der Waals surface area contributed by atoms with Gasteiger partial charge < -0.3 is 15.0 Å². The molecule has 5 nitrogen and oxygen atoms in total. The van der Waals surface area contributed by atoms with E-state index >= 15 is 0 Å². The first kappa shape index (κ1) is 12.2. The van der Waals surface area contributed by atoms with E-state index in [2.05, 4.69) is 5.32 Å². The number of carbonyl (C=O) groups excluding carboxylic acids is 2. The van der Waals surface area contributed by atoms with Gasteiger partial charge in [0.1, 0.15) is 0 Å². The van der Waals surface area contributed by atoms with Crippen LogP contribution in [0.15, 0.2) is 18.2 Å². The van der Waals surface area contributed by atoms with Crippen LogP contribution in [0, 0.1) is 0 Å². The summed E-state index contributed by atoms with van der Waals surface area (Å²) in [5.41, 5.74) is 2.34. The van der Waals surface area contributed by atoms with Crippen LogP contribution in [0.25, 0.3) is 0 Å². The van der Waals surface area contributed by atoms with Gasteiger partial charge in [-0.25, -0.2) is 0 Å². The SMILES string of the molecule is CC1COCCN1C(=O)c1ccc2c(c1)NC(=O)C2. The lowest BCUT2D eigenvalue weighted by molar-refractivity contribution is -0.115. The van der Waals surface area contributed by atoms with E-state index in [1.54, 1.807) is 12.1 Å². The Hall–Kier alpha value is -1.88. The molecule has 1 N–H and O–H groups in total. The number of morpholine rings is 1. The smallest absolute Gasteiger partial charge is 0.254 e. The van der Waals surface area contributed by atoms with Crippen LogP contribution in [-0.4, -0.2) is 42.5 Å². The summed E-state index contributed by atoms with van der Waals surface area (Å²) in [5, 5.41) is 2.77. The molecule has 3 rings (SSSR count). The first-order valence-electron chi connectivity index (χ1n) is 6.46. The van der Waals surface area contributed by atoms with E-state index in [1.165, 1.54) is 0 Å². The lowest BCUT2D eigenvalue weighted by atomic mass is 10.1. The third kappa shape index (κ3) is 2.21. The van der Waals surface area contributed by atoms with Crippen LogP contribution in [0.4, 0.5) is 5.69 Å². The molecule has 2 aliphatic rings. The molecular weight excluding hydrogens is 244 g/mol. The number of rotatable bonds is 1. The highest BCUT2D eigenvalue weighted by Gasteiger charge is 2.26. The number of hydrogen-bond acceptors (Lipinski definition) is 3. The second-order valence-electron chi connectivity index (χ2n) is 5.02. The fraction of sp³-hybridized carbons (Fsp3) is 0.429. The van der Waals surface area contributed by atoms with Gasteiger partial charge >= 0.3 is 0 Å². The number of anilines is 1. The monoisotopic (exact) mass is 260 g/mol.